The first-order valence-corrected chi connectivity index (χ1v) is 5.41. The van der Waals surface area contributed by atoms with Gasteiger partial charge in [0.1, 0.15) is 6.42 Å². The summed E-state index contributed by atoms with van der Waals surface area (Å²) in [5, 5.41) is 11.2. The van der Waals surface area contributed by atoms with Crippen LogP contribution in [0.15, 0.2) is 18.2 Å². The Morgan fingerprint density at radius 1 is 1.47 bits per heavy atom. The summed E-state index contributed by atoms with van der Waals surface area (Å²) in [6.45, 7) is 0. The number of hydrogen-bond donors (Lipinski definition) is 2. The lowest BCUT2D eigenvalue weighted by atomic mass is 10.3. The molecule has 0 saturated heterocycles. The molecule has 1 rings (SSSR count). The van der Waals surface area contributed by atoms with Crippen LogP contribution in [0.3, 0.4) is 0 Å². The van der Waals surface area contributed by atoms with Gasteiger partial charge < -0.3 is 10.4 Å². The van der Waals surface area contributed by atoms with Crippen LogP contribution in [0, 0.1) is 3.57 Å². The van der Waals surface area contributed by atoms with Crippen LogP contribution in [0.5, 0.6) is 0 Å². The Morgan fingerprint density at radius 3 is 2.73 bits per heavy atom. The summed E-state index contributed by atoms with van der Waals surface area (Å²) in [7, 11) is 0. The Bertz CT molecular complexity index is 408. The maximum atomic E-state index is 11.1. The maximum absolute atomic E-state index is 11.1. The SMILES string of the molecule is O=C(O)CC(=O)Nc1cc(I)ccc1Cl. The summed E-state index contributed by atoms with van der Waals surface area (Å²) < 4.78 is 0.905. The number of carbonyl (C=O) groups is 2. The van der Waals surface area contributed by atoms with E-state index in [1.807, 2.05) is 0 Å². The molecule has 4 nitrogen and oxygen atoms in total. The molecule has 0 atom stereocenters. The zero-order valence-corrected chi connectivity index (χ0v) is 10.4. The molecule has 0 unspecified atom stereocenters. The van der Waals surface area contributed by atoms with Gasteiger partial charge in [-0.25, -0.2) is 0 Å². The van der Waals surface area contributed by atoms with E-state index in [-0.39, 0.29) is 0 Å². The molecule has 0 saturated carbocycles. The van der Waals surface area contributed by atoms with Crippen LogP contribution in [-0.2, 0) is 9.59 Å². The van der Waals surface area contributed by atoms with Gasteiger partial charge in [0.05, 0.1) is 10.7 Å². The highest BCUT2D eigenvalue weighted by atomic mass is 127. The molecule has 1 aromatic carbocycles. The molecule has 0 radical (unpaired) electrons. The van der Waals surface area contributed by atoms with Crippen molar-refractivity contribution in [3.05, 3.63) is 26.8 Å². The number of carboxylic acid groups (broad SMARTS) is 1. The topological polar surface area (TPSA) is 66.4 Å². The standard InChI is InChI=1S/C9H7ClINO3/c10-6-2-1-5(11)3-7(6)12-8(13)4-9(14)15/h1-3H,4H2,(H,12,13)(H,14,15). The van der Waals surface area contributed by atoms with Crippen LogP contribution in [0.4, 0.5) is 5.69 Å². The van der Waals surface area contributed by atoms with Gasteiger partial charge >= 0.3 is 5.97 Å². The number of aliphatic carboxylic acids is 1. The van der Waals surface area contributed by atoms with Crippen molar-refractivity contribution in [3.63, 3.8) is 0 Å². The molecule has 2 N–H and O–H groups in total. The number of rotatable bonds is 3. The molecule has 0 aliphatic heterocycles. The fraction of sp³-hybridized carbons (Fsp3) is 0.111. The number of benzene rings is 1. The Morgan fingerprint density at radius 2 is 2.13 bits per heavy atom. The maximum Gasteiger partial charge on any atom is 0.312 e. The average molecular weight is 340 g/mol. The molecule has 0 aromatic heterocycles. The number of hydrogen-bond acceptors (Lipinski definition) is 2. The van der Waals surface area contributed by atoms with Crippen molar-refractivity contribution in [2.45, 2.75) is 6.42 Å². The van der Waals surface area contributed by atoms with E-state index in [0.29, 0.717) is 10.7 Å². The quantitative estimate of drug-likeness (QED) is 0.656. The molecule has 15 heavy (non-hydrogen) atoms. The summed E-state index contributed by atoms with van der Waals surface area (Å²) in [5.41, 5.74) is 0.426. The summed E-state index contributed by atoms with van der Waals surface area (Å²) in [4.78, 5) is 21.4. The molecule has 0 heterocycles. The first-order valence-electron chi connectivity index (χ1n) is 3.95. The van der Waals surface area contributed by atoms with Crippen molar-refractivity contribution < 1.29 is 14.7 Å². The lowest BCUT2D eigenvalue weighted by Gasteiger charge is -2.06. The first-order chi connectivity index (χ1) is 6.99. The zero-order valence-electron chi connectivity index (χ0n) is 7.46. The third-order valence-corrected chi connectivity index (χ3v) is 2.51. The van der Waals surface area contributed by atoms with Crippen LogP contribution in [0.1, 0.15) is 6.42 Å². The minimum Gasteiger partial charge on any atom is -0.481 e. The van der Waals surface area contributed by atoms with Crippen LogP contribution in [0.25, 0.3) is 0 Å². The van der Waals surface area contributed by atoms with Gasteiger partial charge in [-0.3, -0.25) is 9.59 Å². The third kappa shape index (κ3) is 4.05. The Balaban J connectivity index is 2.76. The largest absolute Gasteiger partial charge is 0.481 e. The van der Waals surface area contributed by atoms with Gasteiger partial charge in [0, 0.05) is 3.57 Å². The highest BCUT2D eigenvalue weighted by Gasteiger charge is 2.09. The Kier molecular flexibility index (Phi) is 4.34. The molecule has 6 heteroatoms. The molecule has 0 aliphatic carbocycles. The van der Waals surface area contributed by atoms with Gasteiger partial charge in [0.25, 0.3) is 0 Å². The molecular formula is C9H7ClINO3. The second-order valence-electron chi connectivity index (χ2n) is 2.74. The van der Waals surface area contributed by atoms with E-state index in [9.17, 15) is 9.59 Å². The number of carboxylic acids is 1. The van der Waals surface area contributed by atoms with Crippen LogP contribution >= 0.6 is 34.2 Å². The van der Waals surface area contributed by atoms with Crippen molar-refractivity contribution in [2.24, 2.45) is 0 Å². The molecule has 0 fully saturated rings. The van der Waals surface area contributed by atoms with Gasteiger partial charge in [-0.1, -0.05) is 11.6 Å². The molecular weight excluding hydrogens is 332 g/mol. The molecule has 0 spiro atoms. The van der Waals surface area contributed by atoms with E-state index in [4.69, 9.17) is 16.7 Å². The summed E-state index contributed by atoms with van der Waals surface area (Å²) in [6.07, 6.45) is -0.568. The van der Waals surface area contributed by atoms with Crippen molar-refractivity contribution in [1.29, 1.82) is 0 Å². The van der Waals surface area contributed by atoms with E-state index >= 15 is 0 Å². The monoisotopic (exact) mass is 339 g/mol. The van der Waals surface area contributed by atoms with E-state index < -0.39 is 18.3 Å². The van der Waals surface area contributed by atoms with Gasteiger partial charge in [-0.15, -0.1) is 0 Å². The predicted molar refractivity (Wildman–Crippen MR) is 65.1 cm³/mol. The van der Waals surface area contributed by atoms with Gasteiger partial charge in [0.2, 0.25) is 5.91 Å². The lowest BCUT2D eigenvalue weighted by molar-refractivity contribution is -0.139. The smallest absolute Gasteiger partial charge is 0.312 e. The van der Waals surface area contributed by atoms with Gasteiger partial charge in [-0.05, 0) is 40.8 Å². The number of halogens is 2. The number of anilines is 1. The lowest BCUT2D eigenvalue weighted by Crippen LogP contribution is -2.16. The highest BCUT2D eigenvalue weighted by Crippen LogP contribution is 2.23. The van der Waals surface area contributed by atoms with Crippen LogP contribution < -0.4 is 5.32 Å². The summed E-state index contributed by atoms with van der Waals surface area (Å²) >= 11 is 7.88. The van der Waals surface area contributed by atoms with Gasteiger partial charge in [-0.2, -0.15) is 0 Å². The first kappa shape index (κ1) is 12.3. The molecule has 0 bridgehead atoms. The van der Waals surface area contributed by atoms with Crippen LogP contribution in [-0.4, -0.2) is 17.0 Å². The van der Waals surface area contributed by atoms with E-state index in [2.05, 4.69) is 27.9 Å². The van der Waals surface area contributed by atoms with Crippen LogP contribution in [0.2, 0.25) is 5.02 Å². The number of nitrogens with one attached hydrogen (secondary N) is 1. The fourth-order valence-electron chi connectivity index (χ4n) is 0.925. The van der Waals surface area contributed by atoms with Crippen molar-refractivity contribution >= 4 is 51.8 Å². The minimum atomic E-state index is -1.17. The minimum absolute atomic E-state index is 0.383. The van der Waals surface area contributed by atoms with Gasteiger partial charge in [0.15, 0.2) is 0 Å². The van der Waals surface area contributed by atoms with E-state index in [1.165, 1.54) is 0 Å². The van der Waals surface area contributed by atoms with E-state index in [1.54, 1.807) is 18.2 Å². The second kappa shape index (κ2) is 5.32. The average Bonchev–Trinajstić information content (AvgIpc) is 2.10. The predicted octanol–water partition coefficient (Wildman–Crippen LogP) is 2.36. The van der Waals surface area contributed by atoms with Crippen molar-refractivity contribution in [3.8, 4) is 0 Å². The molecule has 1 amide bonds. The normalized spacial score (nSPS) is 9.73. The molecule has 0 aliphatic rings. The highest BCUT2D eigenvalue weighted by molar-refractivity contribution is 14.1. The van der Waals surface area contributed by atoms with Crippen molar-refractivity contribution in [1.82, 2.24) is 0 Å². The Hall–Kier alpha value is -0.820. The van der Waals surface area contributed by atoms with E-state index in [0.717, 1.165) is 3.57 Å². The fourth-order valence-corrected chi connectivity index (χ4v) is 1.58. The molecule has 80 valence electrons. The molecule has 1 aromatic rings. The second-order valence-corrected chi connectivity index (χ2v) is 4.40. The van der Waals surface area contributed by atoms with Crippen molar-refractivity contribution in [2.75, 3.05) is 5.32 Å². The third-order valence-electron chi connectivity index (χ3n) is 1.51. The number of amides is 1. The zero-order chi connectivity index (χ0) is 11.4. The summed E-state index contributed by atoms with van der Waals surface area (Å²) in [6, 6.07) is 5.10. The summed E-state index contributed by atoms with van der Waals surface area (Å²) in [5.74, 6) is -1.76. The number of carbonyl (C=O) groups excluding carboxylic acids is 1. The Labute approximate surface area is 105 Å².